The highest BCUT2D eigenvalue weighted by molar-refractivity contribution is 7.92. The first-order valence-corrected chi connectivity index (χ1v) is 9.82. The maximum atomic E-state index is 12.8. The van der Waals surface area contributed by atoms with Crippen LogP contribution in [0.5, 0.6) is 11.5 Å². The number of halogens is 1. The van der Waals surface area contributed by atoms with Crippen LogP contribution in [-0.4, -0.2) is 46.0 Å². The first-order chi connectivity index (χ1) is 13.2. The molecule has 2 rings (SSSR count). The lowest BCUT2D eigenvalue weighted by atomic mass is 10.2. The Labute approximate surface area is 161 Å². The van der Waals surface area contributed by atoms with E-state index in [0.29, 0.717) is 11.5 Å². The summed E-state index contributed by atoms with van der Waals surface area (Å²) in [5.74, 6) is -3.13. The second-order valence-electron chi connectivity index (χ2n) is 5.70. The molecule has 0 atom stereocenters. The SMILES string of the molecule is COc1ccc(NC(=O)CS(=O)(=O)CC(=O)Nc2ccc(F)cc2)c(OC)c1. The maximum absolute atomic E-state index is 12.8. The van der Waals surface area contributed by atoms with E-state index in [1.807, 2.05) is 0 Å². The number of benzene rings is 2. The minimum absolute atomic E-state index is 0.244. The van der Waals surface area contributed by atoms with Crippen molar-refractivity contribution < 1.29 is 31.9 Å². The summed E-state index contributed by atoms with van der Waals surface area (Å²) in [5.41, 5.74) is 0.508. The van der Waals surface area contributed by atoms with Gasteiger partial charge in [-0.2, -0.15) is 0 Å². The second kappa shape index (κ2) is 9.18. The van der Waals surface area contributed by atoms with Crippen LogP contribution in [0, 0.1) is 5.82 Å². The monoisotopic (exact) mass is 410 g/mol. The number of ether oxygens (including phenoxy) is 2. The molecule has 28 heavy (non-hydrogen) atoms. The van der Waals surface area contributed by atoms with Crippen molar-refractivity contribution in [2.24, 2.45) is 0 Å². The van der Waals surface area contributed by atoms with Crippen molar-refractivity contribution in [3.63, 3.8) is 0 Å². The fourth-order valence-electron chi connectivity index (χ4n) is 2.27. The summed E-state index contributed by atoms with van der Waals surface area (Å²) in [6, 6.07) is 9.44. The molecular formula is C18H19FN2O6S. The van der Waals surface area contributed by atoms with E-state index in [-0.39, 0.29) is 11.4 Å². The summed E-state index contributed by atoms with van der Waals surface area (Å²) in [4.78, 5) is 24.0. The van der Waals surface area contributed by atoms with Gasteiger partial charge in [-0.15, -0.1) is 0 Å². The van der Waals surface area contributed by atoms with Gasteiger partial charge in [0.15, 0.2) is 9.84 Å². The van der Waals surface area contributed by atoms with E-state index in [0.717, 1.165) is 12.1 Å². The Hall–Kier alpha value is -3.14. The van der Waals surface area contributed by atoms with Crippen molar-refractivity contribution in [3.8, 4) is 11.5 Å². The number of carbonyl (C=O) groups excluding carboxylic acids is 2. The first-order valence-electron chi connectivity index (χ1n) is 8.00. The molecule has 0 bridgehead atoms. The van der Waals surface area contributed by atoms with Gasteiger partial charge in [-0.05, 0) is 36.4 Å². The molecule has 0 fully saturated rings. The molecule has 10 heteroatoms. The topological polar surface area (TPSA) is 111 Å². The molecule has 0 aliphatic heterocycles. The summed E-state index contributed by atoms with van der Waals surface area (Å²) < 4.78 is 47.2. The standard InChI is InChI=1S/C18H19FN2O6S/c1-26-14-7-8-15(16(9-14)27-2)21-18(23)11-28(24,25)10-17(22)20-13-5-3-12(19)4-6-13/h3-9H,10-11H2,1-2H3,(H,20,22)(H,21,23). The van der Waals surface area contributed by atoms with Crippen molar-refractivity contribution in [3.05, 3.63) is 48.3 Å². The van der Waals surface area contributed by atoms with Crippen LogP contribution in [0.4, 0.5) is 15.8 Å². The summed E-state index contributed by atoms with van der Waals surface area (Å²) in [6.45, 7) is 0. The van der Waals surface area contributed by atoms with Crippen LogP contribution in [0.3, 0.4) is 0 Å². The first kappa shape index (κ1) is 21.2. The number of sulfone groups is 1. The molecule has 2 aromatic rings. The average molecular weight is 410 g/mol. The highest BCUT2D eigenvalue weighted by Gasteiger charge is 2.22. The summed E-state index contributed by atoms with van der Waals surface area (Å²) >= 11 is 0. The van der Waals surface area contributed by atoms with Gasteiger partial charge >= 0.3 is 0 Å². The molecule has 0 radical (unpaired) electrons. The maximum Gasteiger partial charge on any atom is 0.239 e. The molecule has 0 heterocycles. The van der Waals surface area contributed by atoms with Gasteiger partial charge in [-0.3, -0.25) is 9.59 Å². The third-order valence-electron chi connectivity index (χ3n) is 3.51. The number of rotatable bonds is 8. The zero-order valence-corrected chi connectivity index (χ0v) is 16.0. The quantitative estimate of drug-likeness (QED) is 0.687. The molecule has 0 unspecified atom stereocenters. The average Bonchev–Trinajstić information content (AvgIpc) is 2.62. The molecule has 2 amide bonds. The van der Waals surface area contributed by atoms with Crippen LogP contribution in [-0.2, 0) is 19.4 Å². The Kier molecular flexibility index (Phi) is 6.94. The minimum atomic E-state index is -4.02. The van der Waals surface area contributed by atoms with Gasteiger partial charge in [0.1, 0.15) is 28.8 Å². The van der Waals surface area contributed by atoms with Crippen LogP contribution in [0.25, 0.3) is 0 Å². The van der Waals surface area contributed by atoms with Gasteiger partial charge < -0.3 is 20.1 Å². The number of anilines is 2. The van der Waals surface area contributed by atoms with E-state index in [1.54, 1.807) is 6.07 Å². The van der Waals surface area contributed by atoms with Crippen molar-refractivity contribution in [2.75, 3.05) is 36.4 Å². The van der Waals surface area contributed by atoms with Crippen LogP contribution >= 0.6 is 0 Å². The van der Waals surface area contributed by atoms with Crippen molar-refractivity contribution in [1.82, 2.24) is 0 Å². The Bertz CT molecular complexity index is 961. The van der Waals surface area contributed by atoms with Gasteiger partial charge in [0, 0.05) is 11.8 Å². The fraction of sp³-hybridized carbons (Fsp3) is 0.222. The van der Waals surface area contributed by atoms with Crippen molar-refractivity contribution in [2.45, 2.75) is 0 Å². The molecule has 0 aromatic heterocycles. The molecule has 150 valence electrons. The van der Waals surface area contributed by atoms with Crippen LogP contribution < -0.4 is 20.1 Å². The molecule has 0 aliphatic rings. The zero-order valence-electron chi connectivity index (χ0n) is 15.2. The summed E-state index contributed by atoms with van der Waals surface area (Å²) in [6.07, 6.45) is 0. The van der Waals surface area contributed by atoms with E-state index in [2.05, 4.69) is 10.6 Å². The molecule has 8 nitrogen and oxygen atoms in total. The molecule has 0 saturated heterocycles. The lowest BCUT2D eigenvalue weighted by molar-refractivity contribution is -0.114. The summed E-state index contributed by atoms with van der Waals surface area (Å²) in [7, 11) is -1.17. The smallest absolute Gasteiger partial charge is 0.239 e. The number of hydrogen-bond acceptors (Lipinski definition) is 6. The number of nitrogens with one attached hydrogen (secondary N) is 2. The zero-order chi connectivity index (χ0) is 20.7. The normalized spacial score (nSPS) is 10.8. The Balaban J connectivity index is 1.96. The van der Waals surface area contributed by atoms with Gasteiger partial charge in [0.05, 0.1) is 19.9 Å². The Morgan fingerprint density at radius 1 is 0.929 bits per heavy atom. The largest absolute Gasteiger partial charge is 0.497 e. The van der Waals surface area contributed by atoms with Crippen LogP contribution in [0.1, 0.15) is 0 Å². The van der Waals surface area contributed by atoms with E-state index in [4.69, 9.17) is 9.47 Å². The van der Waals surface area contributed by atoms with E-state index >= 15 is 0 Å². The lowest BCUT2D eigenvalue weighted by Gasteiger charge is -2.12. The van der Waals surface area contributed by atoms with Crippen LogP contribution in [0.2, 0.25) is 0 Å². The highest BCUT2D eigenvalue weighted by atomic mass is 32.2. The molecule has 0 aliphatic carbocycles. The number of hydrogen-bond donors (Lipinski definition) is 2. The minimum Gasteiger partial charge on any atom is -0.497 e. The van der Waals surface area contributed by atoms with Crippen LogP contribution in [0.15, 0.2) is 42.5 Å². The van der Waals surface area contributed by atoms with Crippen molar-refractivity contribution in [1.29, 1.82) is 0 Å². The fourth-order valence-corrected chi connectivity index (χ4v) is 3.31. The van der Waals surface area contributed by atoms with Gasteiger partial charge in [-0.25, -0.2) is 12.8 Å². The Morgan fingerprint density at radius 2 is 1.54 bits per heavy atom. The van der Waals surface area contributed by atoms with Gasteiger partial charge in [-0.1, -0.05) is 0 Å². The van der Waals surface area contributed by atoms with Gasteiger partial charge in [0.2, 0.25) is 11.8 Å². The number of amides is 2. The van der Waals surface area contributed by atoms with E-state index in [1.165, 1.54) is 38.5 Å². The molecule has 0 saturated carbocycles. The van der Waals surface area contributed by atoms with E-state index in [9.17, 15) is 22.4 Å². The number of methoxy groups -OCH3 is 2. The second-order valence-corrected chi connectivity index (χ2v) is 7.77. The predicted octanol–water partition coefficient (Wildman–Crippen LogP) is 1.83. The Morgan fingerprint density at radius 3 is 2.11 bits per heavy atom. The summed E-state index contributed by atoms with van der Waals surface area (Å²) in [5, 5.41) is 4.75. The molecule has 2 aromatic carbocycles. The van der Waals surface area contributed by atoms with Crippen molar-refractivity contribution >= 4 is 33.0 Å². The lowest BCUT2D eigenvalue weighted by Crippen LogP contribution is -2.30. The van der Waals surface area contributed by atoms with Gasteiger partial charge in [0.25, 0.3) is 0 Å². The third kappa shape index (κ3) is 6.23. The highest BCUT2D eigenvalue weighted by Crippen LogP contribution is 2.28. The molecule has 2 N–H and O–H groups in total. The third-order valence-corrected chi connectivity index (χ3v) is 4.92. The molecule has 0 spiro atoms. The van der Waals surface area contributed by atoms with E-state index < -0.39 is 39.0 Å². The predicted molar refractivity (Wildman–Crippen MR) is 102 cm³/mol. The molecular weight excluding hydrogens is 391 g/mol. The number of carbonyl (C=O) groups is 2.